The van der Waals surface area contributed by atoms with Gasteiger partial charge in [0.05, 0.1) is 24.2 Å². The fourth-order valence-corrected chi connectivity index (χ4v) is 2.29. The van der Waals surface area contributed by atoms with E-state index < -0.39 is 29.7 Å². The minimum atomic E-state index is -4.55. The van der Waals surface area contributed by atoms with Crippen molar-refractivity contribution in [2.24, 2.45) is 5.92 Å². The van der Waals surface area contributed by atoms with E-state index in [9.17, 15) is 18.0 Å². The van der Waals surface area contributed by atoms with Gasteiger partial charge in [-0.25, -0.2) is 0 Å². The van der Waals surface area contributed by atoms with Crippen LogP contribution < -0.4 is 5.32 Å². The number of alkyl halides is 3. The second kappa shape index (κ2) is 5.81. The number of ether oxygens (including phenoxy) is 1. The van der Waals surface area contributed by atoms with Crippen molar-refractivity contribution in [1.29, 1.82) is 0 Å². The minimum absolute atomic E-state index is 0.0345. The zero-order valence-electron chi connectivity index (χ0n) is 12.0. The van der Waals surface area contributed by atoms with Gasteiger partial charge in [-0.2, -0.15) is 23.4 Å². The summed E-state index contributed by atoms with van der Waals surface area (Å²) in [6.45, 7) is 1.99. The van der Waals surface area contributed by atoms with Gasteiger partial charge in [0, 0.05) is 0 Å². The Hall–Kier alpha value is -1.74. The third kappa shape index (κ3) is 3.05. The molecule has 0 aliphatic carbocycles. The summed E-state index contributed by atoms with van der Waals surface area (Å²) in [4.78, 5) is 12.1. The van der Waals surface area contributed by atoms with E-state index in [4.69, 9.17) is 9.84 Å². The SMILES string of the molecule is CC1CC(C(=O)Nc2cnnc(CO)c2)OC1(C)C(F)(F)F. The fraction of sp³-hybridized carbons (Fsp3) is 0.615. The topological polar surface area (TPSA) is 84.3 Å². The van der Waals surface area contributed by atoms with Crippen LogP contribution in [0.15, 0.2) is 12.3 Å². The molecule has 0 radical (unpaired) electrons. The van der Waals surface area contributed by atoms with Crippen LogP contribution in [-0.4, -0.2) is 39.1 Å². The molecule has 1 aromatic rings. The molecule has 0 bridgehead atoms. The van der Waals surface area contributed by atoms with Crippen molar-refractivity contribution < 1.29 is 27.8 Å². The predicted octanol–water partition coefficient (Wildman–Crippen LogP) is 1.65. The van der Waals surface area contributed by atoms with Gasteiger partial charge in [0.2, 0.25) is 0 Å². The van der Waals surface area contributed by atoms with E-state index in [2.05, 4.69) is 15.5 Å². The first-order valence-corrected chi connectivity index (χ1v) is 6.65. The fourth-order valence-electron chi connectivity index (χ4n) is 2.29. The smallest absolute Gasteiger partial charge is 0.390 e. The number of aliphatic hydroxyl groups is 1. The molecule has 22 heavy (non-hydrogen) atoms. The Bertz CT molecular complexity index is 567. The second-order valence-corrected chi connectivity index (χ2v) is 5.43. The summed E-state index contributed by atoms with van der Waals surface area (Å²) < 4.78 is 44.2. The lowest BCUT2D eigenvalue weighted by Gasteiger charge is -2.30. The maximum absolute atomic E-state index is 13.1. The van der Waals surface area contributed by atoms with Gasteiger partial charge in [0.1, 0.15) is 6.10 Å². The molecule has 1 amide bonds. The van der Waals surface area contributed by atoms with Gasteiger partial charge in [-0.05, 0) is 25.3 Å². The van der Waals surface area contributed by atoms with Crippen LogP contribution in [0.5, 0.6) is 0 Å². The standard InChI is InChI=1S/C13H16F3N3O3/c1-7-3-10(22-12(7,2)13(14,15)16)11(21)18-8-4-9(6-20)19-17-5-8/h4-5,7,10,20H,3,6H2,1-2H3,(H,18,19,21). The molecule has 1 saturated heterocycles. The molecule has 3 atom stereocenters. The molecule has 9 heteroatoms. The van der Waals surface area contributed by atoms with Gasteiger partial charge in [-0.1, -0.05) is 6.92 Å². The third-order valence-corrected chi connectivity index (χ3v) is 3.89. The second-order valence-electron chi connectivity index (χ2n) is 5.43. The quantitative estimate of drug-likeness (QED) is 0.885. The monoisotopic (exact) mass is 319 g/mol. The molecule has 0 saturated carbocycles. The zero-order chi connectivity index (χ0) is 16.5. The summed E-state index contributed by atoms with van der Waals surface area (Å²) in [6, 6.07) is 1.38. The molecule has 1 fully saturated rings. The molecule has 122 valence electrons. The van der Waals surface area contributed by atoms with Crippen molar-refractivity contribution in [2.75, 3.05) is 5.32 Å². The van der Waals surface area contributed by atoms with Gasteiger partial charge >= 0.3 is 6.18 Å². The van der Waals surface area contributed by atoms with Gasteiger partial charge in [0.25, 0.3) is 5.91 Å². The molecule has 0 aromatic carbocycles. The van der Waals surface area contributed by atoms with Gasteiger partial charge in [-0.15, -0.1) is 0 Å². The van der Waals surface area contributed by atoms with E-state index in [1.807, 2.05) is 0 Å². The molecule has 3 unspecified atom stereocenters. The molecule has 2 heterocycles. The number of aliphatic hydroxyl groups excluding tert-OH is 1. The summed E-state index contributed by atoms with van der Waals surface area (Å²) in [5.41, 5.74) is -1.87. The molecule has 0 spiro atoms. The van der Waals surface area contributed by atoms with Crippen molar-refractivity contribution in [1.82, 2.24) is 10.2 Å². The van der Waals surface area contributed by atoms with Crippen LogP contribution in [0.4, 0.5) is 18.9 Å². The summed E-state index contributed by atoms with van der Waals surface area (Å²) in [6.07, 6.45) is -4.55. The van der Waals surface area contributed by atoms with Crippen molar-refractivity contribution in [3.63, 3.8) is 0 Å². The van der Waals surface area contributed by atoms with Crippen LogP contribution in [0.1, 0.15) is 26.0 Å². The first kappa shape index (κ1) is 16.6. The third-order valence-electron chi connectivity index (χ3n) is 3.89. The normalized spacial score (nSPS) is 28.6. The highest BCUT2D eigenvalue weighted by Gasteiger charge is 2.61. The van der Waals surface area contributed by atoms with E-state index in [1.165, 1.54) is 19.2 Å². The summed E-state index contributed by atoms with van der Waals surface area (Å²) >= 11 is 0. The molecule has 1 aliphatic heterocycles. The van der Waals surface area contributed by atoms with Crippen LogP contribution in [0.3, 0.4) is 0 Å². The zero-order valence-corrected chi connectivity index (χ0v) is 12.0. The Labute approximate surface area is 124 Å². The molecule has 6 nitrogen and oxygen atoms in total. The van der Waals surface area contributed by atoms with Crippen molar-refractivity contribution in [2.45, 2.75) is 44.8 Å². The maximum Gasteiger partial charge on any atom is 0.417 e. The number of carbonyl (C=O) groups excluding carboxylic acids is 1. The molecule has 2 N–H and O–H groups in total. The van der Waals surface area contributed by atoms with Crippen LogP contribution in [-0.2, 0) is 16.1 Å². The molecule has 1 aliphatic rings. The molecule has 2 rings (SSSR count). The molecular formula is C13H16F3N3O3. The Kier molecular flexibility index (Phi) is 4.39. The van der Waals surface area contributed by atoms with Crippen LogP contribution in [0, 0.1) is 5.92 Å². The number of halogens is 3. The highest BCUT2D eigenvalue weighted by molar-refractivity contribution is 5.94. The van der Waals surface area contributed by atoms with Crippen molar-refractivity contribution >= 4 is 11.6 Å². The van der Waals surface area contributed by atoms with Gasteiger partial charge in [-0.3, -0.25) is 4.79 Å². The minimum Gasteiger partial charge on any atom is -0.390 e. The number of aromatic nitrogens is 2. The van der Waals surface area contributed by atoms with Gasteiger partial charge < -0.3 is 15.2 Å². The molecule has 1 aromatic heterocycles. The summed E-state index contributed by atoms with van der Waals surface area (Å²) in [5.74, 6) is -1.52. The number of hydrogen-bond donors (Lipinski definition) is 2. The average Bonchev–Trinajstić information content (AvgIpc) is 2.76. The van der Waals surface area contributed by atoms with E-state index in [1.54, 1.807) is 0 Å². The largest absolute Gasteiger partial charge is 0.417 e. The van der Waals surface area contributed by atoms with Gasteiger partial charge in [0.15, 0.2) is 5.60 Å². The lowest BCUT2D eigenvalue weighted by Crippen LogP contribution is -2.47. The maximum atomic E-state index is 13.1. The number of anilines is 1. The van der Waals surface area contributed by atoms with E-state index in [0.29, 0.717) is 0 Å². The first-order valence-electron chi connectivity index (χ1n) is 6.65. The average molecular weight is 319 g/mol. The van der Waals surface area contributed by atoms with E-state index in [-0.39, 0.29) is 24.4 Å². The lowest BCUT2D eigenvalue weighted by molar-refractivity contribution is -0.272. The van der Waals surface area contributed by atoms with Crippen molar-refractivity contribution in [3.05, 3.63) is 18.0 Å². The van der Waals surface area contributed by atoms with Crippen LogP contribution in [0.2, 0.25) is 0 Å². The highest BCUT2D eigenvalue weighted by atomic mass is 19.4. The Balaban J connectivity index is 2.08. The van der Waals surface area contributed by atoms with E-state index >= 15 is 0 Å². The predicted molar refractivity (Wildman–Crippen MR) is 69.7 cm³/mol. The highest BCUT2D eigenvalue weighted by Crippen LogP contribution is 2.46. The number of carbonyl (C=O) groups is 1. The number of hydrogen-bond acceptors (Lipinski definition) is 5. The lowest BCUT2D eigenvalue weighted by atomic mass is 9.89. The number of rotatable bonds is 3. The van der Waals surface area contributed by atoms with Crippen LogP contribution in [0.25, 0.3) is 0 Å². The molecular weight excluding hydrogens is 303 g/mol. The number of amides is 1. The van der Waals surface area contributed by atoms with E-state index in [0.717, 1.165) is 6.92 Å². The van der Waals surface area contributed by atoms with Crippen LogP contribution >= 0.6 is 0 Å². The Morgan fingerprint density at radius 2 is 2.27 bits per heavy atom. The first-order chi connectivity index (χ1) is 10.2. The Morgan fingerprint density at radius 1 is 1.59 bits per heavy atom. The summed E-state index contributed by atoms with van der Waals surface area (Å²) in [5, 5.41) is 18.5. The van der Waals surface area contributed by atoms with Crippen molar-refractivity contribution in [3.8, 4) is 0 Å². The number of nitrogens with one attached hydrogen (secondary N) is 1. The summed E-state index contributed by atoms with van der Waals surface area (Å²) in [7, 11) is 0. The number of nitrogens with zero attached hydrogens (tertiary/aromatic N) is 2. The Morgan fingerprint density at radius 3 is 2.82 bits per heavy atom.